The Morgan fingerprint density at radius 1 is 1.12 bits per heavy atom. The third kappa shape index (κ3) is 2.46. The zero-order valence-electron chi connectivity index (χ0n) is 12.3. The van der Waals surface area contributed by atoms with Crippen molar-refractivity contribution in [3.05, 3.63) is 0 Å². The number of hydrogen-bond acceptors (Lipinski definition) is 0. The van der Waals surface area contributed by atoms with Crippen LogP contribution in [0.3, 0.4) is 0 Å². The predicted molar refractivity (Wildman–Crippen MR) is 73.5 cm³/mol. The lowest BCUT2D eigenvalue weighted by Crippen LogP contribution is -2.37. The minimum absolute atomic E-state index is 0.615. The van der Waals surface area contributed by atoms with Gasteiger partial charge in [0.25, 0.3) is 0 Å². The van der Waals surface area contributed by atoms with Crippen LogP contribution in [0.15, 0.2) is 0 Å². The van der Waals surface area contributed by atoms with Gasteiger partial charge in [-0.2, -0.15) is 0 Å². The third-order valence-electron chi connectivity index (χ3n) is 5.86. The van der Waals surface area contributed by atoms with Gasteiger partial charge in [-0.25, -0.2) is 0 Å². The van der Waals surface area contributed by atoms with Gasteiger partial charge >= 0.3 is 0 Å². The van der Waals surface area contributed by atoms with Gasteiger partial charge in [-0.1, -0.05) is 60.8 Å². The van der Waals surface area contributed by atoms with Crippen molar-refractivity contribution in [3.63, 3.8) is 0 Å². The first-order valence-corrected chi connectivity index (χ1v) is 7.47. The molecule has 0 N–H and O–H groups in total. The summed E-state index contributed by atoms with van der Waals surface area (Å²) in [6.07, 6.45) is 7.07. The Kier molecular flexibility index (Phi) is 4.88. The summed E-state index contributed by atoms with van der Waals surface area (Å²) in [5.41, 5.74) is 0.615. The molecule has 5 unspecified atom stereocenters. The highest BCUT2D eigenvalue weighted by atomic mass is 14.5. The molecular formula is C16H32. The molecule has 16 heavy (non-hydrogen) atoms. The summed E-state index contributed by atoms with van der Waals surface area (Å²) in [7, 11) is 0. The first-order valence-electron chi connectivity index (χ1n) is 7.47. The largest absolute Gasteiger partial charge is 0.0651 e. The molecule has 0 amide bonds. The molecule has 1 aliphatic carbocycles. The van der Waals surface area contributed by atoms with Gasteiger partial charge in [-0.15, -0.1) is 0 Å². The van der Waals surface area contributed by atoms with Gasteiger partial charge in [0.15, 0.2) is 0 Å². The second-order valence-corrected chi connectivity index (χ2v) is 6.55. The lowest BCUT2D eigenvalue weighted by molar-refractivity contribution is 0.0378. The standard InChI is InChI=1S/C16H32/c1-7-14(5)16(8-2)11-12(3)9-10-13(4)15(16)6/h12-15H,7-11H2,1-6H3. The molecule has 0 aromatic carbocycles. The van der Waals surface area contributed by atoms with Gasteiger partial charge in [0.2, 0.25) is 0 Å². The predicted octanol–water partition coefficient (Wildman–Crippen LogP) is 5.52. The van der Waals surface area contributed by atoms with Crippen LogP contribution in [0.4, 0.5) is 0 Å². The molecule has 1 saturated carbocycles. The molecule has 5 atom stereocenters. The van der Waals surface area contributed by atoms with Crippen molar-refractivity contribution in [2.75, 3.05) is 0 Å². The van der Waals surface area contributed by atoms with Gasteiger partial charge in [-0.3, -0.25) is 0 Å². The van der Waals surface area contributed by atoms with Crippen LogP contribution in [0.25, 0.3) is 0 Å². The Morgan fingerprint density at radius 3 is 2.25 bits per heavy atom. The topological polar surface area (TPSA) is 0 Å². The van der Waals surface area contributed by atoms with Crippen molar-refractivity contribution < 1.29 is 0 Å². The summed E-state index contributed by atoms with van der Waals surface area (Å²) in [6, 6.07) is 0. The van der Waals surface area contributed by atoms with Crippen LogP contribution < -0.4 is 0 Å². The zero-order valence-corrected chi connectivity index (χ0v) is 12.3. The summed E-state index contributed by atoms with van der Waals surface area (Å²) in [5, 5.41) is 0. The number of rotatable bonds is 3. The maximum absolute atomic E-state index is 2.53. The van der Waals surface area contributed by atoms with E-state index in [9.17, 15) is 0 Å². The molecule has 0 aromatic heterocycles. The molecule has 0 heterocycles. The molecule has 0 spiro atoms. The van der Waals surface area contributed by atoms with Crippen LogP contribution in [-0.2, 0) is 0 Å². The maximum atomic E-state index is 2.53. The van der Waals surface area contributed by atoms with E-state index in [1.54, 1.807) is 0 Å². The Hall–Kier alpha value is 0. The monoisotopic (exact) mass is 224 g/mol. The normalized spacial score (nSPS) is 42.8. The Morgan fingerprint density at radius 2 is 1.75 bits per heavy atom. The minimum Gasteiger partial charge on any atom is -0.0651 e. The van der Waals surface area contributed by atoms with Gasteiger partial charge in [-0.05, 0) is 41.9 Å². The smallest absolute Gasteiger partial charge is 0.0244 e. The van der Waals surface area contributed by atoms with E-state index in [1.807, 2.05) is 0 Å². The molecule has 0 aliphatic heterocycles. The Bertz CT molecular complexity index is 208. The summed E-state index contributed by atoms with van der Waals surface area (Å²) in [5.74, 6) is 3.63. The lowest BCUT2D eigenvalue weighted by Gasteiger charge is -2.45. The Balaban J connectivity index is 3.00. The molecule has 0 nitrogen and oxygen atoms in total. The highest BCUT2D eigenvalue weighted by molar-refractivity contribution is 4.92. The average molecular weight is 224 g/mol. The van der Waals surface area contributed by atoms with Crippen molar-refractivity contribution in [2.24, 2.45) is 29.1 Å². The molecule has 1 aliphatic rings. The summed E-state index contributed by atoms with van der Waals surface area (Å²) < 4.78 is 0. The van der Waals surface area contributed by atoms with Gasteiger partial charge in [0.1, 0.15) is 0 Å². The number of hydrogen-bond donors (Lipinski definition) is 0. The van der Waals surface area contributed by atoms with Crippen LogP contribution in [0.1, 0.15) is 73.6 Å². The van der Waals surface area contributed by atoms with E-state index in [4.69, 9.17) is 0 Å². The van der Waals surface area contributed by atoms with Crippen molar-refractivity contribution in [1.29, 1.82) is 0 Å². The highest BCUT2D eigenvalue weighted by Gasteiger charge is 2.43. The molecule has 0 aromatic rings. The summed E-state index contributed by atoms with van der Waals surface area (Å²) in [4.78, 5) is 0. The third-order valence-corrected chi connectivity index (χ3v) is 5.86. The maximum Gasteiger partial charge on any atom is -0.0244 e. The van der Waals surface area contributed by atoms with E-state index < -0.39 is 0 Å². The van der Waals surface area contributed by atoms with Crippen LogP contribution in [0.5, 0.6) is 0 Å². The summed E-state index contributed by atoms with van der Waals surface area (Å²) >= 11 is 0. The van der Waals surface area contributed by atoms with Crippen LogP contribution in [0, 0.1) is 29.1 Å². The van der Waals surface area contributed by atoms with Gasteiger partial charge in [0, 0.05) is 0 Å². The first-order chi connectivity index (χ1) is 7.47. The van der Waals surface area contributed by atoms with Crippen LogP contribution >= 0.6 is 0 Å². The van der Waals surface area contributed by atoms with E-state index in [2.05, 4.69) is 41.5 Å². The molecule has 0 heteroatoms. The fourth-order valence-corrected chi connectivity index (χ4v) is 4.17. The van der Waals surface area contributed by atoms with Crippen molar-refractivity contribution in [3.8, 4) is 0 Å². The molecule has 0 bridgehead atoms. The van der Waals surface area contributed by atoms with E-state index in [0.29, 0.717) is 5.41 Å². The Labute approximate surface area is 103 Å². The fraction of sp³-hybridized carbons (Fsp3) is 1.00. The van der Waals surface area contributed by atoms with Crippen molar-refractivity contribution in [1.82, 2.24) is 0 Å². The second-order valence-electron chi connectivity index (χ2n) is 6.55. The minimum atomic E-state index is 0.615. The van der Waals surface area contributed by atoms with Gasteiger partial charge < -0.3 is 0 Å². The molecule has 96 valence electrons. The van der Waals surface area contributed by atoms with Crippen LogP contribution in [0.2, 0.25) is 0 Å². The molecule has 1 rings (SSSR count). The lowest BCUT2D eigenvalue weighted by atomic mass is 9.60. The summed E-state index contributed by atoms with van der Waals surface area (Å²) in [6.45, 7) is 14.8. The van der Waals surface area contributed by atoms with Crippen LogP contribution in [-0.4, -0.2) is 0 Å². The van der Waals surface area contributed by atoms with Crippen molar-refractivity contribution >= 4 is 0 Å². The zero-order chi connectivity index (χ0) is 12.3. The molecule has 0 saturated heterocycles. The van der Waals surface area contributed by atoms with Gasteiger partial charge in [0.05, 0.1) is 0 Å². The molecule has 1 fully saturated rings. The highest BCUT2D eigenvalue weighted by Crippen LogP contribution is 2.52. The van der Waals surface area contributed by atoms with Crippen molar-refractivity contribution in [2.45, 2.75) is 73.6 Å². The SMILES string of the molecule is CCC(C)C1(CC)CC(C)CCC(C)C1C. The molecular weight excluding hydrogens is 192 g/mol. The fourth-order valence-electron chi connectivity index (χ4n) is 4.17. The van der Waals surface area contributed by atoms with E-state index >= 15 is 0 Å². The molecule has 0 radical (unpaired) electrons. The quantitative estimate of drug-likeness (QED) is 0.554. The van der Waals surface area contributed by atoms with E-state index in [1.165, 1.54) is 32.1 Å². The second kappa shape index (κ2) is 5.56. The first kappa shape index (κ1) is 14.1. The van der Waals surface area contributed by atoms with E-state index in [-0.39, 0.29) is 0 Å². The average Bonchev–Trinajstić information content (AvgIpc) is 2.40. The van der Waals surface area contributed by atoms with E-state index in [0.717, 1.165) is 23.7 Å².